The van der Waals surface area contributed by atoms with Gasteiger partial charge in [0.1, 0.15) is 11.2 Å². The molecule has 0 aliphatic heterocycles. The van der Waals surface area contributed by atoms with Crippen LogP contribution in [0.1, 0.15) is 30.6 Å². The lowest BCUT2D eigenvalue weighted by Gasteiger charge is -2.25. The van der Waals surface area contributed by atoms with E-state index in [0.29, 0.717) is 16.6 Å². The van der Waals surface area contributed by atoms with Crippen molar-refractivity contribution in [2.24, 2.45) is 0 Å². The zero-order chi connectivity index (χ0) is 18.1. The molecule has 130 valence electrons. The third-order valence-corrected chi connectivity index (χ3v) is 4.06. The molecule has 0 atom stereocenters. The molecule has 1 aromatic carbocycles. The van der Waals surface area contributed by atoms with Gasteiger partial charge < -0.3 is 15.0 Å². The Bertz CT molecular complexity index is 1020. The number of benzene rings is 1. The molecule has 8 heteroatoms. The van der Waals surface area contributed by atoms with E-state index < -0.39 is 5.97 Å². The molecular formula is C17H18N4O4. The number of H-pyrrole nitrogens is 1. The number of aliphatic carboxylic acids is 1. The summed E-state index contributed by atoms with van der Waals surface area (Å²) in [6.45, 7) is 3.70. The molecule has 0 saturated carbocycles. The third-order valence-electron chi connectivity index (χ3n) is 4.06. The standard InChI is InChI=1S/C17H18N4O4/c1-10(2)20(8-7-14(22)23)17(25)12-9-18-21-13-6-4-3-5-11(13)16(24)19-15(12)21/h3-6,9-10H,7-8H2,1-2H3,(H,19,24)(H,22,23). The van der Waals surface area contributed by atoms with Crippen LogP contribution in [-0.2, 0) is 4.79 Å². The van der Waals surface area contributed by atoms with Crippen LogP contribution >= 0.6 is 0 Å². The minimum absolute atomic E-state index is 0.0843. The van der Waals surface area contributed by atoms with Crippen LogP contribution in [0.4, 0.5) is 0 Å². The van der Waals surface area contributed by atoms with Gasteiger partial charge in [-0.05, 0) is 26.0 Å². The molecule has 0 bridgehead atoms. The van der Waals surface area contributed by atoms with Crippen molar-refractivity contribution in [2.75, 3.05) is 6.54 Å². The van der Waals surface area contributed by atoms with Gasteiger partial charge in [0.25, 0.3) is 11.5 Å². The maximum atomic E-state index is 12.9. The molecule has 0 aliphatic rings. The number of amides is 1. The average Bonchev–Trinajstić information content (AvgIpc) is 2.98. The smallest absolute Gasteiger partial charge is 0.305 e. The van der Waals surface area contributed by atoms with Gasteiger partial charge in [0.15, 0.2) is 0 Å². The molecular weight excluding hydrogens is 324 g/mol. The van der Waals surface area contributed by atoms with Gasteiger partial charge in [0.2, 0.25) is 0 Å². The fourth-order valence-corrected chi connectivity index (χ4v) is 2.80. The van der Waals surface area contributed by atoms with Gasteiger partial charge in [-0.2, -0.15) is 5.10 Å². The topological polar surface area (TPSA) is 108 Å². The first-order valence-electron chi connectivity index (χ1n) is 7.91. The predicted molar refractivity (Wildman–Crippen MR) is 91.7 cm³/mol. The number of carboxylic acid groups (broad SMARTS) is 1. The van der Waals surface area contributed by atoms with Crippen LogP contribution in [0.15, 0.2) is 35.3 Å². The first-order valence-corrected chi connectivity index (χ1v) is 7.91. The lowest BCUT2D eigenvalue weighted by atomic mass is 10.2. The Morgan fingerprint density at radius 2 is 2.04 bits per heavy atom. The molecule has 2 N–H and O–H groups in total. The average molecular weight is 342 g/mol. The molecule has 0 saturated heterocycles. The maximum Gasteiger partial charge on any atom is 0.305 e. The summed E-state index contributed by atoms with van der Waals surface area (Å²) in [6, 6.07) is 6.80. The van der Waals surface area contributed by atoms with E-state index in [1.54, 1.807) is 24.3 Å². The number of carbonyl (C=O) groups is 2. The lowest BCUT2D eigenvalue weighted by Crippen LogP contribution is -2.38. The van der Waals surface area contributed by atoms with Gasteiger partial charge in [-0.3, -0.25) is 14.4 Å². The quantitative estimate of drug-likeness (QED) is 0.730. The van der Waals surface area contributed by atoms with Crippen molar-refractivity contribution in [3.05, 3.63) is 46.4 Å². The van der Waals surface area contributed by atoms with E-state index in [-0.39, 0.29) is 36.0 Å². The Labute approximate surface area is 142 Å². The van der Waals surface area contributed by atoms with E-state index in [4.69, 9.17) is 5.11 Å². The zero-order valence-electron chi connectivity index (χ0n) is 13.9. The molecule has 2 heterocycles. The number of nitrogens with zero attached hydrogens (tertiary/aromatic N) is 3. The van der Waals surface area contributed by atoms with Crippen LogP contribution in [0.5, 0.6) is 0 Å². The van der Waals surface area contributed by atoms with Crippen molar-refractivity contribution >= 4 is 28.4 Å². The van der Waals surface area contributed by atoms with Crippen LogP contribution in [0, 0.1) is 0 Å². The Morgan fingerprint density at radius 1 is 1.32 bits per heavy atom. The summed E-state index contributed by atoms with van der Waals surface area (Å²) in [4.78, 5) is 40.2. The molecule has 0 radical (unpaired) electrons. The highest BCUT2D eigenvalue weighted by atomic mass is 16.4. The number of hydrogen-bond donors (Lipinski definition) is 2. The molecule has 3 aromatic rings. The van der Waals surface area contributed by atoms with Crippen molar-refractivity contribution in [3.63, 3.8) is 0 Å². The normalized spacial score (nSPS) is 11.3. The molecule has 0 unspecified atom stereocenters. The Balaban J connectivity index is 2.10. The van der Waals surface area contributed by atoms with E-state index >= 15 is 0 Å². The Kier molecular flexibility index (Phi) is 4.26. The molecule has 0 spiro atoms. The van der Waals surface area contributed by atoms with Gasteiger partial charge in [0.05, 0.1) is 23.5 Å². The lowest BCUT2D eigenvalue weighted by molar-refractivity contribution is -0.137. The second-order valence-electron chi connectivity index (χ2n) is 6.03. The van der Waals surface area contributed by atoms with Crippen LogP contribution < -0.4 is 5.56 Å². The second-order valence-corrected chi connectivity index (χ2v) is 6.03. The SMILES string of the molecule is CC(C)N(CCC(=O)O)C(=O)c1cnn2c1[nH]c(=O)c1ccccc12. The Morgan fingerprint density at radius 3 is 2.72 bits per heavy atom. The number of carbonyl (C=O) groups excluding carboxylic acids is 1. The van der Waals surface area contributed by atoms with Crippen molar-refractivity contribution in [3.8, 4) is 0 Å². The molecule has 1 amide bonds. The minimum Gasteiger partial charge on any atom is -0.481 e. The maximum absolute atomic E-state index is 12.9. The van der Waals surface area contributed by atoms with Crippen molar-refractivity contribution in [1.82, 2.24) is 19.5 Å². The van der Waals surface area contributed by atoms with E-state index in [2.05, 4.69) is 10.1 Å². The third kappa shape index (κ3) is 2.98. The van der Waals surface area contributed by atoms with Gasteiger partial charge in [-0.1, -0.05) is 12.1 Å². The number of rotatable bonds is 5. The van der Waals surface area contributed by atoms with Crippen molar-refractivity contribution in [1.29, 1.82) is 0 Å². The molecule has 8 nitrogen and oxygen atoms in total. The summed E-state index contributed by atoms with van der Waals surface area (Å²) in [7, 11) is 0. The number of nitrogens with one attached hydrogen (secondary N) is 1. The Hall–Kier alpha value is -3.16. The first kappa shape index (κ1) is 16.7. The number of aromatic nitrogens is 3. The molecule has 25 heavy (non-hydrogen) atoms. The van der Waals surface area contributed by atoms with Gasteiger partial charge >= 0.3 is 5.97 Å². The summed E-state index contributed by atoms with van der Waals surface area (Å²) in [5.74, 6) is -1.34. The number of carboxylic acids is 1. The number of fused-ring (bicyclic) bond motifs is 3. The summed E-state index contributed by atoms with van der Waals surface area (Å²) in [5, 5.41) is 13.6. The zero-order valence-corrected chi connectivity index (χ0v) is 13.9. The largest absolute Gasteiger partial charge is 0.481 e. The van der Waals surface area contributed by atoms with E-state index in [9.17, 15) is 14.4 Å². The summed E-state index contributed by atoms with van der Waals surface area (Å²) < 4.78 is 1.51. The van der Waals surface area contributed by atoms with Gasteiger partial charge in [0, 0.05) is 12.6 Å². The number of aromatic amines is 1. The highest BCUT2D eigenvalue weighted by Crippen LogP contribution is 2.17. The van der Waals surface area contributed by atoms with Gasteiger partial charge in [-0.15, -0.1) is 0 Å². The fourth-order valence-electron chi connectivity index (χ4n) is 2.80. The molecule has 2 aromatic heterocycles. The highest BCUT2D eigenvalue weighted by molar-refractivity contribution is 6.00. The molecule has 0 fully saturated rings. The minimum atomic E-state index is -0.974. The van der Waals surface area contributed by atoms with E-state index in [0.717, 1.165) is 0 Å². The highest BCUT2D eigenvalue weighted by Gasteiger charge is 2.24. The number of hydrogen-bond acceptors (Lipinski definition) is 4. The monoisotopic (exact) mass is 342 g/mol. The second kappa shape index (κ2) is 6.39. The first-order chi connectivity index (χ1) is 11.9. The van der Waals surface area contributed by atoms with Crippen LogP contribution in [0.2, 0.25) is 0 Å². The van der Waals surface area contributed by atoms with Crippen molar-refractivity contribution in [2.45, 2.75) is 26.3 Å². The summed E-state index contributed by atoms with van der Waals surface area (Å²) >= 11 is 0. The summed E-state index contributed by atoms with van der Waals surface area (Å²) in [5.41, 5.74) is 0.831. The van der Waals surface area contributed by atoms with Crippen LogP contribution in [0.25, 0.3) is 16.6 Å². The van der Waals surface area contributed by atoms with Crippen LogP contribution in [0.3, 0.4) is 0 Å². The molecule has 3 rings (SSSR count). The van der Waals surface area contributed by atoms with Crippen molar-refractivity contribution < 1.29 is 14.7 Å². The van der Waals surface area contributed by atoms with Crippen LogP contribution in [-0.4, -0.2) is 49.1 Å². The fraction of sp³-hybridized carbons (Fsp3) is 0.294. The molecule has 0 aliphatic carbocycles. The van der Waals surface area contributed by atoms with E-state index in [1.165, 1.54) is 15.6 Å². The summed E-state index contributed by atoms with van der Waals surface area (Å²) in [6.07, 6.45) is 1.25. The number of para-hydroxylation sites is 1. The predicted octanol–water partition coefficient (Wildman–Crippen LogP) is 1.50. The van der Waals surface area contributed by atoms with Gasteiger partial charge in [-0.25, -0.2) is 4.52 Å². The van der Waals surface area contributed by atoms with E-state index in [1.807, 2.05) is 13.8 Å².